The lowest BCUT2D eigenvalue weighted by molar-refractivity contribution is 0.0779. The van der Waals surface area contributed by atoms with E-state index < -0.39 is 0 Å². The van der Waals surface area contributed by atoms with Gasteiger partial charge in [0.2, 0.25) is 0 Å². The average molecular weight is 290 g/mol. The molecule has 4 nitrogen and oxygen atoms in total. The van der Waals surface area contributed by atoms with Gasteiger partial charge in [-0.3, -0.25) is 4.79 Å². The van der Waals surface area contributed by atoms with Crippen LogP contribution in [0.3, 0.4) is 0 Å². The number of carbonyl (C=O) groups is 1. The van der Waals surface area contributed by atoms with Gasteiger partial charge in [-0.25, -0.2) is 4.98 Å². The Hall–Kier alpha value is -2.07. The van der Waals surface area contributed by atoms with Crippen molar-refractivity contribution in [3.8, 4) is 0 Å². The van der Waals surface area contributed by atoms with Crippen molar-refractivity contribution in [2.24, 2.45) is 0 Å². The molecular formula is C15H16ClN3O. The number of halogens is 1. The summed E-state index contributed by atoms with van der Waals surface area (Å²) < 4.78 is 0. The molecule has 1 aromatic carbocycles. The van der Waals surface area contributed by atoms with Crippen LogP contribution in [-0.4, -0.2) is 29.9 Å². The minimum atomic E-state index is -0.114. The molecule has 1 heterocycles. The smallest absolute Gasteiger partial charge is 0.272 e. The summed E-state index contributed by atoms with van der Waals surface area (Å²) >= 11 is 5.84. The second kappa shape index (κ2) is 6.39. The molecule has 0 aliphatic carbocycles. The predicted octanol–water partition coefficient (Wildman–Crippen LogP) is 3.05. The third-order valence-electron chi connectivity index (χ3n) is 2.90. The molecule has 0 bridgehead atoms. The highest BCUT2D eigenvalue weighted by molar-refractivity contribution is 6.30. The van der Waals surface area contributed by atoms with Crippen molar-refractivity contribution in [1.29, 1.82) is 0 Å². The Balaban J connectivity index is 2.09. The highest BCUT2D eigenvalue weighted by Crippen LogP contribution is 2.12. The standard InChI is InChI=1S/C15H16ClN3O/c1-17-14-5-3-4-13(18-14)15(20)19(2)10-11-6-8-12(16)9-7-11/h3-9H,10H2,1-2H3,(H,17,18). The fraction of sp³-hybridized carbons (Fsp3) is 0.200. The average Bonchev–Trinajstić information content (AvgIpc) is 2.48. The van der Waals surface area contributed by atoms with Crippen LogP contribution in [-0.2, 0) is 6.54 Å². The van der Waals surface area contributed by atoms with Crippen molar-refractivity contribution in [3.63, 3.8) is 0 Å². The summed E-state index contributed by atoms with van der Waals surface area (Å²) in [6.07, 6.45) is 0. The number of amides is 1. The summed E-state index contributed by atoms with van der Waals surface area (Å²) in [6.45, 7) is 0.515. The van der Waals surface area contributed by atoms with Gasteiger partial charge in [-0.1, -0.05) is 29.8 Å². The molecule has 0 aliphatic rings. The Labute approximate surface area is 123 Å². The number of nitrogens with one attached hydrogen (secondary N) is 1. The van der Waals surface area contributed by atoms with Crippen LogP contribution in [0.25, 0.3) is 0 Å². The number of pyridine rings is 1. The summed E-state index contributed by atoms with van der Waals surface area (Å²) in [6, 6.07) is 12.8. The molecule has 0 fully saturated rings. The van der Waals surface area contributed by atoms with E-state index in [1.54, 1.807) is 25.1 Å². The number of carbonyl (C=O) groups excluding carboxylic acids is 1. The monoisotopic (exact) mass is 289 g/mol. The summed E-state index contributed by atoms with van der Waals surface area (Å²) in [5.74, 6) is 0.563. The van der Waals surface area contributed by atoms with Crippen LogP contribution in [0.5, 0.6) is 0 Å². The molecule has 1 aromatic heterocycles. The molecule has 0 radical (unpaired) electrons. The normalized spacial score (nSPS) is 10.2. The first-order valence-electron chi connectivity index (χ1n) is 6.25. The van der Waals surface area contributed by atoms with Gasteiger partial charge in [0.25, 0.3) is 5.91 Å². The molecule has 0 atom stereocenters. The van der Waals surface area contributed by atoms with Crippen molar-refractivity contribution >= 4 is 23.3 Å². The van der Waals surface area contributed by atoms with Gasteiger partial charge in [-0.05, 0) is 29.8 Å². The number of aromatic nitrogens is 1. The zero-order valence-corrected chi connectivity index (χ0v) is 12.2. The fourth-order valence-corrected chi connectivity index (χ4v) is 1.95. The molecule has 0 aliphatic heterocycles. The van der Waals surface area contributed by atoms with Crippen LogP contribution >= 0.6 is 11.6 Å². The van der Waals surface area contributed by atoms with Gasteiger partial charge in [-0.2, -0.15) is 0 Å². The molecule has 20 heavy (non-hydrogen) atoms. The minimum Gasteiger partial charge on any atom is -0.373 e. The van der Waals surface area contributed by atoms with E-state index in [0.717, 1.165) is 5.56 Å². The summed E-state index contributed by atoms with van der Waals surface area (Å²) in [5, 5.41) is 3.61. The van der Waals surface area contributed by atoms with Crippen molar-refractivity contribution in [2.75, 3.05) is 19.4 Å². The maximum absolute atomic E-state index is 12.3. The quantitative estimate of drug-likeness (QED) is 0.941. The van der Waals surface area contributed by atoms with Crippen molar-refractivity contribution < 1.29 is 4.79 Å². The van der Waals surface area contributed by atoms with E-state index >= 15 is 0 Å². The summed E-state index contributed by atoms with van der Waals surface area (Å²) in [7, 11) is 3.53. The van der Waals surface area contributed by atoms with Crippen molar-refractivity contribution in [3.05, 3.63) is 58.7 Å². The van der Waals surface area contributed by atoms with Gasteiger partial charge in [-0.15, -0.1) is 0 Å². The third kappa shape index (κ3) is 3.48. The molecule has 0 saturated heterocycles. The Morgan fingerprint density at radius 1 is 1.25 bits per heavy atom. The molecule has 2 aromatic rings. The predicted molar refractivity (Wildman–Crippen MR) is 81.0 cm³/mol. The molecule has 0 unspecified atom stereocenters. The number of rotatable bonds is 4. The zero-order chi connectivity index (χ0) is 14.5. The highest BCUT2D eigenvalue weighted by Gasteiger charge is 2.13. The van der Waals surface area contributed by atoms with E-state index in [0.29, 0.717) is 23.1 Å². The third-order valence-corrected chi connectivity index (χ3v) is 3.16. The second-order valence-electron chi connectivity index (χ2n) is 4.45. The molecule has 5 heteroatoms. The van der Waals surface area contributed by atoms with E-state index in [1.807, 2.05) is 36.4 Å². The van der Waals surface area contributed by atoms with Crippen LogP contribution in [0.4, 0.5) is 5.82 Å². The van der Waals surface area contributed by atoms with Crippen molar-refractivity contribution in [1.82, 2.24) is 9.88 Å². The topological polar surface area (TPSA) is 45.2 Å². The maximum atomic E-state index is 12.3. The van der Waals surface area contributed by atoms with Gasteiger partial charge < -0.3 is 10.2 Å². The number of anilines is 1. The SMILES string of the molecule is CNc1cccc(C(=O)N(C)Cc2ccc(Cl)cc2)n1. The lowest BCUT2D eigenvalue weighted by Crippen LogP contribution is -2.27. The fourth-order valence-electron chi connectivity index (χ4n) is 1.82. The van der Waals surface area contributed by atoms with Gasteiger partial charge in [0, 0.05) is 25.7 Å². The Kier molecular flexibility index (Phi) is 4.58. The molecular weight excluding hydrogens is 274 g/mol. The number of hydrogen-bond acceptors (Lipinski definition) is 3. The Morgan fingerprint density at radius 2 is 1.95 bits per heavy atom. The van der Waals surface area contributed by atoms with Crippen LogP contribution in [0.15, 0.2) is 42.5 Å². The van der Waals surface area contributed by atoms with E-state index in [9.17, 15) is 4.79 Å². The van der Waals surface area contributed by atoms with Gasteiger partial charge in [0.05, 0.1) is 0 Å². The van der Waals surface area contributed by atoms with E-state index in [2.05, 4.69) is 10.3 Å². The van der Waals surface area contributed by atoms with E-state index in [4.69, 9.17) is 11.6 Å². The molecule has 0 saturated carbocycles. The summed E-state index contributed by atoms with van der Waals surface area (Å²) in [5.41, 5.74) is 1.45. The maximum Gasteiger partial charge on any atom is 0.272 e. The number of benzene rings is 1. The largest absolute Gasteiger partial charge is 0.373 e. The zero-order valence-electron chi connectivity index (χ0n) is 11.4. The van der Waals surface area contributed by atoms with Crippen LogP contribution in [0.2, 0.25) is 5.02 Å². The van der Waals surface area contributed by atoms with E-state index in [1.165, 1.54) is 0 Å². The first-order chi connectivity index (χ1) is 9.60. The van der Waals surface area contributed by atoms with Crippen LogP contribution in [0.1, 0.15) is 16.1 Å². The van der Waals surface area contributed by atoms with Gasteiger partial charge >= 0.3 is 0 Å². The lowest BCUT2D eigenvalue weighted by Gasteiger charge is -2.17. The van der Waals surface area contributed by atoms with Crippen LogP contribution < -0.4 is 5.32 Å². The van der Waals surface area contributed by atoms with E-state index in [-0.39, 0.29) is 5.91 Å². The van der Waals surface area contributed by atoms with Gasteiger partial charge in [0.15, 0.2) is 0 Å². The highest BCUT2D eigenvalue weighted by atomic mass is 35.5. The minimum absolute atomic E-state index is 0.114. The molecule has 0 spiro atoms. The first kappa shape index (κ1) is 14.3. The first-order valence-corrected chi connectivity index (χ1v) is 6.62. The molecule has 104 valence electrons. The lowest BCUT2D eigenvalue weighted by atomic mass is 10.2. The Bertz CT molecular complexity index is 598. The second-order valence-corrected chi connectivity index (χ2v) is 4.88. The summed E-state index contributed by atoms with van der Waals surface area (Å²) in [4.78, 5) is 18.2. The molecule has 2 rings (SSSR count). The number of hydrogen-bond donors (Lipinski definition) is 1. The molecule has 1 N–H and O–H groups in total. The molecule has 1 amide bonds. The number of nitrogens with zero attached hydrogens (tertiary/aromatic N) is 2. The van der Waals surface area contributed by atoms with Crippen LogP contribution in [0, 0.1) is 0 Å². The Morgan fingerprint density at radius 3 is 2.60 bits per heavy atom. The van der Waals surface area contributed by atoms with Gasteiger partial charge in [0.1, 0.15) is 11.5 Å². The van der Waals surface area contributed by atoms with Crippen molar-refractivity contribution in [2.45, 2.75) is 6.54 Å².